The van der Waals surface area contributed by atoms with Crippen molar-refractivity contribution in [3.05, 3.63) is 21.4 Å². The van der Waals surface area contributed by atoms with E-state index in [1.54, 1.807) is 11.3 Å². The SMILES string of the molecule is O=C(NC1CCCCC1)c1cc2c(s1)CCCCCC2. The summed E-state index contributed by atoms with van der Waals surface area (Å²) in [7, 11) is 0. The minimum Gasteiger partial charge on any atom is -0.349 e. The average Bonchev–Trinajstić information content (AvgIpc) is 2.82. The number of hydrogen-bond donors (Lipinski definition) is 1. The molecule has 0 saturated heterocycles. The average molecular weight is 291 g/mol. The van der Waals surface area contributed by atoms with Crippen LogP contribution in [0, 0.1) is 0 Å². The Morgan fingerprint density at radius 3 is 2.50 bits per heavy atom. The Bertz CT molecular complexity index is 434. The van der Waals surface area contributed by atoms with Crippen molar-refractivity contribution in [1.29, 1.82) is 0 Å². The number of aryl methyl sites for hydroxylation is 2. The van der Waals surface area contributed by atoms with Crippen LogP contribution >= 0.6 is 11.3 Å². The van der Waals surface area contributed by atoms with Gasteiger partial charge >= 0.3 is 0 Å². The zero-order chi connectivity index (χ0) is 13.8. The van der Waals surface area contributed by atoms with Gasteiger partial charge in [0.1, 0.15) is 0 Å². The predicted octanol–water partition coefficient (Wildman–Crippen LogP) is 4.47. The van der Waals surface area contributed by atoms with Gasteiger partial charge in [-0.15, -0.1) is 11.3 Å². The normalized spacial score (nSPS) is 20.8. The summed E-state index contributed by atoms with van der Waals surface area (Å²) < 4.78 is 0. The van der Waals surface area contributed by atoms with Crippen LogP contribution in [-0.4, -0.2) is 11.9 Å². The van der Waals surface area contributed by atoms with Crippen LogP contribution in [0.3, 0.4) is 0 Å². The van der Waals surface area contributed by atoms with Crippen LogP contribution in [0.2, 0.25) is 0 Å². The molecule has 2 nitrogen and oxygen atoms in total. The summed E-state index contributed by atoms with van der Waals surface area (Å²) in [5.74, 6) is 0.175. The third-order valence-corrected chi connectivity index (χ3v) is 5.90. The van der Waals surface area contributed by atoms with Crippen LogP contribution in [0.25, 0.3) is 0 Å². The highest BCUT2D eigenvalue weighted by atomic mass is 32.1. The first kappa shape index (κ1) is 14.1. The molecule has 3 rings (SSSR count). The summed E-state index contributed by atoms with van der Waals surface area (Å²) in [5.41, 5.74) is 1.45. The number of amides is 1. The van der Waals surface area contributed by atoms with E-state index in [2.05, 4.69) is 11.4 Å². The minimum absolute atomic E-state index is 0.175. The number of thiophene rings is 1. The molecule has 0 bridgehead atoms. The minimum atomic E-state index is 0.175. The largest absolute Gasteiger partial charge is 0.349 e. The molecule has 0 atom stereocenters. The molecule has 2 aliphatic rings. The zero-order valence-electron chi connectivity index (χ0n) is 12.2. The van der Waals surface area contributed by atoms with Crippen LogP contribution < -0.4 is 5.32 Å². The second kappa shape index (κ2) is 6.75. The van der Waals surface area contributed by atoms with E-state index in [0.29, 0.717) is 6.04 Å². The van der Waals surface area contributed by atoms with Gasteiger partial charge in [0.05, 0.1) is 4.88 Å². The number of fused-ring (bicyclic) bond motifs is 1. The summed E-state index contributed by atoms with van der Waals surface area (Å²) in [4.78, 5) is 14.8. The Morgan fingerprint density at radius 1 is 1.00 bits per heavy atom. The highest BCUT2D eigenvalue weighted by molar-refractivity contribution is 7.14. The van der Waals surface area contributed by atoms with Gasteiger partial charge in [-0.1, -0.05) is 32.1 Å². The van der Waals surface area contributed by atoms with Gasteiger partial charge in [-0.2, -0.15) is 0 Å². The lowest BCUT2D eigenvalue weighted by Crippen LogP contribution is -2.35. The molecule has 1 N–H and O–H groups in total. The quantitative estimate of drug-likeness (QED) is 0.856. The molecule has 0 aliphatic heterocycles. The molecule has 1 fully saturated rings. The first-order valence-electron chi connectivity index (χ1n) is 8.25. The molecule has 2 aliphatic carbocycles. The Balaban J connectivity index is 1.66. The molecule has 1 aromatic rings. The third-order valence-electron chi connectivity index (χ3n) is 4.66. The summed E-state index contributed by atoms with van der Waals surface area (Å²) >= 11 is 1.74. The number of carbonyl (C=O) groups excluding carboxylic acids is 1. The lowest BCUT2D eigenvalue weighted by Gasteiger charge is -2.22. The van der Waals surface area contributed by atoms with E-state index in [0.717, 1.165) is 17.7 Å². The van der Waals surface area contributed by atoms with E-state index in [-0.39, 0.29) is 5.91 Å². The van der Waals surface area contributed by atoms with Crippen molar-refractivity contribution in [2.45, 2.75) is 76.7 Å². The molecule has 1 amide bonds. The summed E-state index contributed by atoms with van der Waals surface area (Å²) in [6, 6.07) is 2.59. The van der Waals surface area contributed by atoms with E-state index in [9.17, 15) is 4.79 Å². The Kier molecular flexibility index (Phi) is 4.77. The molecule has 1 heterocycles. The fourth-order valence-electron chi connectivity index (χ4n) is 3.46. The first-order valence-corrected chi connectivity index (χ1v) is 9.07. The van der Waals surface area contributed by atoms with Crippen LogP contribution in [0.15, 0.2) is 6.07 Å². The van der Waals surface area contributed by atoms with Gasteiger partial charge in [0.15, 0.2) is 0 Å². The highest BCUT2D eigenvalue weighted by Gasteiger charge is 2.20. The molecular weight excluding hydrogens is 266 g/mol. The van der Waals surface area contributed by atoms with Crippen LogP contribution in [0.1, 0.15) is 77.9 Å². The molecule has 20 heavy (non-hydrogen) atoms. The number of hydrogen-bond acceptors (Lipinski definition) is 2. The van der Waals surface area contributed by atoms with Gasteiger partial charge in [-0.05, 0) is 50.2 Å². The molecule has 110 valence electrons. The topological polar surface area (TPSA) is 29.1 Å². The smallest absolute Gasteiger partial charge is 0.261 e. The standard InChI is InChI=1S/C17H25NOS/c19-17(18-14-9-5-3-6-10-14)16-12-13-8-4-1-2-7-11-15(13)20-16/h12,14H,1-11H2,(H,18,19). The molecular formula is C17H25NOS. The Morgan fingerprint density at radius 2 is 1.70 bits per heavy atom. The lowest BCUT2D eigenvalue weighted by molar-refractivity contribution is 0.0932. The van der Waals surface area contributed by atoms with Crippen LogP contribution in [0.5, 0.6) is 0 Å². The van der Waals surface area contributed by atoms with Gasteiger partial charge in [0, 0.05) is 10.9 Å². The fraction of sp³-hybridized carbons (Fsp3) is 0.706. The maximum absolute atomic E-state index is 12.4. The van der Waals surface area contributed by atoms with Gasteiger partial charge in [0.2, 0.25) is 0 Å². The molecule has 0 radical (unpaired) electrons. The number of carbonyl (C=O) groups is 1. The molecule has 1 saturated carbocycles. The second-order valence-corrected chi connectivity index (χ2v) is 7.42. The van der Waals surface area contributed by atoms with E-state index >= 15 is 0 Å². The van der Waals surface area contributed by atoms with Crippen LogP contribution in [0.4, 0.5) is 0 Å². The van der Waals surface area contributed by atoms with Crippen LogP contribution in [-0.2, 0) is 12.8 Å². The van der Waals surface area contributed by atoms with Gasteiger partial charge in [-0.25, -0.2) is 0 Å². The van der Waals surface area contributed by atoms with E-state index in [1.165, 1.54) is 68.2 Å². The van der Waals surface area contributed by atoms with Crippen molar-refractivity contribution >= 4 is 17.2 Å². The number of nitrogens with one attached hydrogen (secondary N) is 1. The lowest BCUT2D eigenvalue weighted by atomic mass is 9.95. The van der Waals surface area contributed by atoms with E-state index in [4.69, 9.17) is 0 Å². The maximum Gasteiger partial charge on any atom is 0.261 e. The monoisotopic (exact) mass is 291 g/mol. The zero-order valence-corrected chi connectivity index (χ0v) is 13.1. The van der Waals surface area contributed by atoms with Crippen molar-refractivity contribution in [2.75, 3.05) is 0 Å². The molecule has 3 heteroatoms. The summed E-state index contributed by atoms with van der Waals surface area (Å²) in [6.07, 6.45) is 13.8. The van der Waals surface area contributed by atoms with Crippen molar-refractivity contribution < 1.29 is 4.79 Å². The fourth-order valence-corrected chi connectivity index (χ4v) is 4.62. The van der Waals surface area contributed by atoms with Gasteiger partial charge in [-0.3, -0.25) is 4.79 Å². The van der Waals surface area contributed by atoms with E-state index in [1.807, 2.05) is 0 Å². The van der Waals surface area contributed by atoms with Gasteiger partial charge < -0.3 is 5.32 Å². The maximum atomic E-state index is 12.4. The van der Waals surface area contributed by atoms with Crippen molar-refractivity contribution in [1.82, 2.24) is 5.32 Å². The predicted molar refractivity (Wildman–Crippen MR) is 84.5 cm³/mol. The Hall–Kier alpha value is -0.830. The second-order valence-electron chi connectivity index (χ2n) is 6.28. The highest BCUT2D eigenvalue weighted by Crippen LogP contribution is 2.29. The third kappa shape index (κ3) is 3.43. The summed E-state index contributed by atoms with van der Waals surface area (Å²) in [5, 5.41) is 3.25. The molecule has 0 aromatic carbocycles. The Labute approximate surface area is 126 Å². The molecule has 0 unspecified atom stereocenters. The van der Waals surface area contributed by atoms with Gasteiger partial charge in [0.25, 0.3) is 5.91 Å². The van der Waals surface area contributed by atoms with Crippen molar-refractivity contribution in [3.8, 4) is 0 Å². The summed E-state index contributed by atoms with van der Waals surface area (Å²) in [6.45, 7) is 0. The molecule has 1 aromatic heterocycles. The molecule has 0 spiro atoms. The van der Waals surface area contributed by atoms with E-state index < -0.39 is 0 Å². The number of rotatable bonds is 2. The first-order chi connectivity index (χ1) is 9.83. The van der Waals surface area contributed by atoms with Crippen molar-refractivity contribution in [2.24, 2.45) is 0 Å². The van der Waals surface area contributed by atoms with Crippen molar-refractivity contribution in [3.63, 3.8) is 0 Å².